The minimum Gasteiger partial charge on any atom is -0.490 e. The Bertz CT molecular complexity index is 1670. The number of nitro benzene ring substituents is 1. The molecule has 5 rings (SSSR count). The van der Waals surface area contributed by atoms with Gasteiger partial charge in [0.15, 0.2) is 5.75 Å². The van der Waals surface area contributed by atoms with Gasteiger partial charge >= 0.3 is 5.69 Å². The van der Waals surface area contributed by atoms with E-state index in [1.54, 1.807) is 67.7 Å². The fraction of sp³-hybridized carbons (Fsp3) is 0.138. The molecule has 39 heavy (non-hydrogen) atoms. The molecule has 0 aliphatic carbocycles. The first-order chi connectivity index (χ1) is 18.6. The minimum absolute atomic E-state index is 0.136. The second-order valence-corrected chi connectivity index (χ2v) is 9.42. The number of rotatable bonds is 6. The first-order valence-electron chi connectivity index (χ1n) is 12.0. The predicted molar refractivity (Wildman–Crippen MR) is 147 cm³/mol. The molecule has 0 radical (unpaired) electrons. The van der Waals surface area contributed by atoms with Crippen LogP contribution in [0, 0.1) is 17.0 Å². The quantitative estimate of drug-likeness (QED) is 0.236. The lowest BCUT2D eigenvalue weighted by Crippen LogP contribution is -2.39. The van der Waals surface area contributed by atoms with Gasteiger partial charge in [-0.3, -0.25) is 24.7 Å². The van der Waals surface area contributed by atoms with Crippen molar-refractivity contribution in [2.45, 2.75) is 19.3 Å². The fourth-order valence-electron chi connectivity index (χ4n) is 4.74. The number of anilines is 3. The first kappa shape index (κ1) is 25.4. The molecule has 1 aliphatic heterocycles. The van der Waals surface area contributed by atoms with Gasteiger partial charge < -0.3 is 21.1 Å². The Hall–Kier alpha value is -5.25. The lowest BCUT2D eigenvalue weighted by atomic mass is 9.75. The van der Waals surface area contributed by atoms with Gasteiger partial charge in [-0.05, 0) is 84.6 Å². The van der Waals surface area contributed by atoms with E-state index < -0.39 is 16.2 Å². The Morgan fingerprint density at radius 2 is 1.67 bits per heavy atom. The van der Waals surface area contributed by atoms with Crippen molar-refractivity contribution >= 4 is 34.6 Å². The highest BCUT2D eigenvalue weighted by atomic mass is 16.6. The summed E-state index contributed by atoms with van der Waals surface area (Å²) in [4.78, 5) is 40.9. The SMILES string of the molecule is COc1cc(-c2ccc3c(c2)Nc2ccc(C(C)(C(N)=O)c4ccnc(C)c4)cc2NC3=O)ccc1[N+](=O)[O-]. The van der Waals surface area contributed by atoms with Crippen LogP contribution in [-0.2, 0) is 10.2 Å². The number of hydrogen-bond donors (Lipinski definition) is 3. The number of nitrogens with zero attached hydrogens (tertiary/aromatic N) is 2. The number of methoxy groups -OCH3 is 1. The van der Waals surface area contributed by atoms with Crippen LogP contribution in [0.4, 0.5) is 22.7 Å². The molecule has 0 fully saturated rings. The lowest BCUT2D eigenvalue weighted by Gasteiger charge is -2.28. The maximum Gasteiger partial charge on any atom is 0.310 e. The number of fused-ring (bicyclic) bond motifs is 2. The highest BCUT2D eigenvalue weighted by Crippen LogP contribution is 2.40. The monoisotopic (exact) mass is 523 g/mol. The summed E-state index contributed by atoms with van der Waals surface area (Å²) in [5.74, 6) is -0.730. The van der Waals surface area contributed by atoms with Crippen LogP contribution in [0.5, 0.6) is 5.75 Å². The van der Waals surface area contributed by atoms with E-state index in [2.05, 4.69) is 15.6 Å². The molecule has 1 aromatic heterocycles. The third-order valence-corrected chi connectivity index (χ3v) is 7.06. The van der Waals surface area contributed by atoms with E-state index in [-0.39, 0.29) is 17.3 Å². The molecule has 196 valence electrons. The second-order valence-electron chi connectivity index (χ2n) is 9.42. The number of ether oxygens (including phenoxy) is 1. The zero-order valence-electron chi connectivity index (χ0n) is 21.4. The summed E-state index contributed by atoms with van der Waals surface area (Å²) in [6.07, 6.45) is 1.63. The zero-order chi connectivity index (χ0) is 27.9. The van der Waals surface area contributed by atoms with E-state index in [1.807, 2.05) is 13.0 Å². The molecule has 3 aromatic carbocycles. The van der Waals surface area contributed by atoms with Crippen LogP contribution in [-0.4, -0.2) is 28.8 Å². The van der Waals surface area contributed by atoms with Crippen LogP contribution in [0.1, 0.15) is 34.1 Å². The van der Waals surface area contributed by atoms with Crippen molar-refractivity contribution in [3.05, 3.63) is 105 Å². The third kappa shape index (κ3) is 4.42. The maximum absolute atomic E-state index is 13.2. The molecule has 0 saturated carbocycles. The van der Waals surface area contributed by atoms with Crippen molar-refractivity contribution < 1.29 is 19.2 Å². The highest BCUT2D eigenvalue weighted by Gasteiger charge is 2.36. The number of nitro groups is 1. The number of carbonyl (C=O) groups excluding carboxylic acids is 2. The van der Waals surface area contributed by atoms with Crippen LogP contribution >= 0.6 is 0 Å². The Labute approximate surface area is 224 Å². The predicted octanol–water partition coefficient (Wildman–Crippen LogP) is 5.07. The number of nitrogens with two attached hydrogens (primary N) is 1. The van der Waals surface area contributed by atoms with Crippen LogP contribution < -0.4 is 21.1 Å². The topological polar surface area (TPSA) is 149 Å². The van der Waals surface area contributed by atoms with Crippen LogP contribution in [0.2, 0.25) is 0 Å². The molecule has 1 atom stereocenters. The average molecular weight is 524 g/mol. The molecule has 2 amide bonds. The number of hydrogen-bond acceptors (Lipinski definition) is 7. The minimum atomic E-state index is -1.16. The zero-order valence-corrected chi connectivity index (χ0v) is 21.4. The van der Waals surface area contributed by atoms with Gasteiger partial charge in [0.05, 0.1) is 40.1 Å². The van der Waals surface area contributed by atoms with Gasteiger partial charge in [-0.25, -0.2) is 0 Å². The van der Waals surface area contributed by atoms with Crippen molar-refractivity contribution in [2.75, 3.05) is 17.7 Å². The first-order valence-corrected chi connectivity index (χ1v) is 12.0. The van der Waals surface area contributed by atoms with E-state index in [1.165, 1.54) is 13.2 Å². The molecule has 4 aromatic rings. The standard InChI is InChI=1S/C29H25N5O5/c1-16-12-20(10-11-31-16)29(2,28(30)36)19-6-8-22-24(15-19)33-27(35)21-7-4-17(13-23(21)32-22)18-5-9-25(34(37)38)26(14-18)39-3/h4-15,32H,1-3H3,(H2,30,36)(H,33,35). The summed E-state index contributed by atoms with van der Waals surface area (Å²) in [5.41, 5.74) is 10.2. The van der Waals surface area contributed by atoms with Gasteiger partial charge in [0.25, 0.3) is 5.91 Å². The van der Waals surface area contributed by atoms with Crippen molar-refractivity contribution in [3.8, 4) is 16.9 Å². The van der Waals surface area contributed by atoms with Crippen molar-refractivity contribution in [1.82, 2.24) is 4.98 Å². The van der Waals surface area contributed by atoms with Gasteiger partial charge in [0.1, 0.15) is 0 Å². The van der Waals surface area contributed by atoms with E-state index in [9.17, 15) is 19.7 Å². The maximum atomic E-state index is 13.2. The molecule has 1 unspecified atom stereocenters. The van der Waals surface area contributed by atoms with Crippen molar-refractivity contribution in [2.24, 2.45) is 5.73 Å². The number of amides is 2. The Morgan fingerprint density at radius 3 is 2.36 bits per heavy atom. The van der Waals surface area contributed by atoms with Gasteiger partial charge in [-0.2, -0.15) is 0 Å². The van der Waals surface area contributed by atoms with E-state index >= 15 is 0 Å². The molecule has 4 N–H and O–H groups in total. The summed E-state index contributed by atoms with van der Waals surface area (Å²) < 4.78 is 5.20. The molecule has 1 aliphatic rings. The Balaban J connectivity index is 1.55. The smallest absolute Gasteiger partial charge is 0.310 e. The molecule has 2 heterocycles. The van der Waals surface area contributed by atoms with Crippen molar-refractivity contribution in [3.63, 3.8) is 0 Å². The fourth-order valence-corrected chi connectivity index (χ4v) is 4.74. The average Bonchev–Trinajstić information content (AvgIpc) is 3.06. The summed E-state index contributed by atoms with van der Waals surface area (Å²) in [5, 5.41) is 17.5. The van der Waals surface area contributed by atoms with Crippen LogP contribution in [0.3, 0.4) is 0 Å². The largest absolute Gasteiger partial charge is 0.490 e. The summed E-state index contributed by atoms with van der Waals surface area (Å²) in [7, 11) is 1.37. The van der Waals surface area contributed by atoms with Crippen LogP contribution in [0.15, 0.2) is 72.9 Å². The summed E-state index contributed by atoms with van der Waals surface area (Å²) in [6, 6.07) is 18.7. The van der Waals surface area contributed by atoms with E-state index in [0.717, 1.165) is 11.3 Å². The normalized spacial score (nSPS) is 13.6. The molecular weight excluding hydrogens is 498 g/mol. The number of pyridine rings is 1. The van der Waals surface area contributed by atoms with Crippen LogP contribution in [0.25, 0.3) is 11.1 Å². The Kier molecular flexibility index (Phi) is 6.23. The second kappa shape index (κ2) is 9.56. The van der Waals surface area contributed by atoms with E-state index in [0.29, 0.717) is 39.3 Å². The van der Waals surface area contributed by atoms with Gasteiger partial charge in [0, 0.05) is 18.0 Å². The summed E-state index contributed by atoms with van der Waals surface area (Å²) in [6.45, 7) is 3.58. The highest BCUT2D eigenvalue weighted by molar-refractivity contribution is 6.12. The molecule has 0 bridgehead atoms. The van der Waals surface area contributed by atoms with Crippen molar-refractivity contribution in [1.29, 1.82) is 0 Å². The number of primary amides is 1. The number of aryl methyl sites for hydroxylation is 1. The van der Waals surface area contributed by atoms with Gasteiger partial charge in [-0.15, -0.1) is 0 Å². The number of carbonyl (C=O) groups is 2. The molecule has 0 spiro atoms. The van der Waals surface area contributed by atoms with Gasteiger partial charge in [0.2, 0.25) is 5.91 Å². The lowest BCUT2D eigenvalue weighted by molar-refractivity contribution is -0.385. The molecular formula is C29H25N5O5. The molecule has 0 saturated heterocycles. The molecule has 10 heteroatoms. The third-order valence-electron chi connectivity index (χ3n) is 7.06. The Morgan fingerprint density at radius 1 is 0.949 bits per heavy atom. The number of aromatic nitrogens is 1. The van der Waals surface area contributed by atoms with Gasteiger partial charge in [-0.1, -0.05) is 12.1 Å². The number of benzene rings is 3. The molecule has 10 nitrogen and oxygen atoms in total. The summed E-state index contributed by atoms with van der Waals surface area (Å²) >= 11 is 0. The number of nitrogens with one attached hydrogen (secondary N) is 2. The van der Waals surface area contributed by atoms with E-state index in [4.69, 9.17) is 10.5 Å².